The van der Waals surface area contributed by atoms with Crippen molar-refractivity contribution in [3.05, 3.63) is 83.9 Å². The van der Waals surface area contributed by atoms with Gasteiger partial charge in [0.05, 0.1) is 4.90 Å². The Morgan fingerprint density at radius 1 is 1.06 bits per heavy atom. The quantitative estimate of drug-likeness (QED) is 0.182. The maximum absolute atomic E-state index is 12.8. The van der Waals surface area contributed by atoms with Gasteiger partial charge in [0.15, 0.2) is 5.84 Å². The Bertz CT molecular complexity index is 1270. The lowest BCUT2D eigenvalue weighted by atomic mass is 10.1. The van der Waals surface area contributed by atoms with Crippen LogP contribution in [0.4, 0.5) is 10.5 Å². The van der Waals surface area contributed by atoms with Crippen molar-refractivity contribution < 1.29 is 18.4 Å². The molecule has 6 N–H and O–H groups in total. The summed E-state index contributed by atoms with van der Waals surface area (Å²) in [5.74, 6) is -0.00607. The zero-order valence-electron chi connectivity index (χ0n) is 18.0. The van der Waals surface area contributed by atoms with E-state index in [4.69, 9.17) is 16.1 Å². The fourth-order valence-corrected chi connectivity index (χ4v) is 4.08. The van der Waals surface area contributed by atoms with Gasteiger partial charge in [0, 0.05) is 29.9 Å². The Morgan fingerprint density at radius 2 is 1.76 bits per heavy atom. The van der Waals surface area contributed by atoms with E-state index in [1.165, 1.54) is 6.07 Å². The summed E-state index contributed by atoms with van der Waals surface area (Å²) in [5.41, 5.74) is 8.72. The third-order valence-corrected chi connectivity index (χ3v) is 5.98. The van der Waals surface area contributed by atoms with Crippen LogP contribution in [0, 0.1) is 0 Å². The van der Waals surface area contributed by atoms with Gasteiger partial charge in [-0.3, -0.25) is 0 Å². The molecule has 0 saturated heterocycles. The van der Waals surface area contributed by atoms with Gasteiger partial charge in [-0.05, 0) is 42.3 Å². The average molecular weight is 468 g/mol. The number of benzene rings is 3. The maximum atomic E-state index is 12.8. The Kier molecular flexibility index (Phi) is 7.31. The summed E-state index contributed by atoms with van der Waals surface area (Å²) >= 11 is 0. The van der Waals surface area contributed by atoms with Crippen LogP contribution in [0.5, 0.6) is 0 Å². The van der Waals surface area contributed by atoms with Gasteiger partial charge in [-0.25, -0.2) is 18.4 Å². The number of hydrogen-bond acceptors (Lipinski definition) is 5. The number of urea groups is 1. The number of carbonyl (C=O) groups excluding carboxylic acids is 1. The van der Waals surface area contributed by atoms with Gasteiger partial charge in [-0.2, -0.15) is 0 Å². The van der Waals surface area contributed by atoms with Gasteiger partial charge < -0.3 is 21.2 Å². The molecule has 0 aliphatic carbocycles. The first-order valence-corrected chi connectivity index (χ1v) is 11.6. The minimum atomic E-state index is -3.87. The van der Waals surface area contributed by atoms with Crippen molar-refractivity contribution in [1.82, 2.24) is 4.90 Å². The monoisotopic (exact) mass is 467 g/mol. The molecule has 0 heterocycles. The van der Waals surface area contributed by atoms with Gasteiger partial charge in [0.1, 0.15) is 0 Å². The predicted octanol–water partition coefficient (Wildman–Crippen LogP) is 3.15. The van der Waals surface area contributed by atoms with E-state index >= 15 is 0 Å². The molecule has 0 aromatic heterocycles. The Hall–Kier alpha value is -3.89. The van der Waals surface area contributed by atoms with E-state index in [0.29, 0.717) is 35.5 Å². The Labute approximate surface area is 192 Å². The van der Waals surface area contributed by atoms with Crippen molar-refractivity contribution in [1.29, 1.82) is 0 Å². The number of nitrogens with two attached hydrogens (primary N) is 2. The molecule has 0 aliphatic heterocycles. The molecule has 0 atom stereocenters. The molecule has 0 aliphatic rings. The lowest BCUT2D eigenvalue weighted by Crippen LogP contribution is -2.34. The van der Waals surface area contributed by atoms with Crippen molar-refractivity contribution in [2.75, 3.05) is 11.9 Å². The highest BCUT2D eigenvalue weighted by molar-refractivity contribution is 7.89. The molecule has 3 rings (SSSR count). The fraction of sp³-hybridized carbons (Fsp3) is 0.130. The molecule has 3 aromatic carbocycles. The van der Waals surface area contributed by atoms with Crippen molar-refractivity contribution in [3.63, 3.8) is 0 Å². The molecule has 0 unspecified atom stereocenters. The molecular formula is C23H25N5O4S. The maximum Gasteiger partial charge on any atom is 0.322 e. The van der Waals surface area contributed by atoms with Crippen LogP contribution in [0.1, 0.15) is 18.1 Å². The van der Waals surface area contributed by atoms with Gasteiger partial charge >= 0.3 is 6.03 Å². The minimum Gasteiger partial charge on any atom is -0.409 e. The molecule has 0 spiro atoms. The van der Waals surface area contributed by atoms with Crippen LogP contribution >= 0.6 is 0 Å². The van der Waals surface area contributed by atoms with E-state index in [1.807, 2.05) is 13.0 Å². The van der Waals surface area contributed by atoms with Crippen LogP contribution in [0.25, 0.3) is 11.1 Å². The lowest BCUT2D eigenvalue weighted by Gasteiger charge is -2.22. The van der Waals surface area contributed by atoms with E-state index < -0.39 is 10.0 Å². The number of amidine groups is 1. The van der Waals surface area contributed by atoms with Crippen LogP contribution in [-0.2, 0) is 16.6 Å². The molecule has 33 heavy (non-hydrogen) atoms. The third kappa shape index (κ3) is 5.88. The minimum absolute atomic E-state index is 0.00607. The van der Waals surface area contributed by atoms with Crippen LogP contribution < -0.4 is 16.2 Å². The highest BCUT2D eigenvalue weighted by atomic mass is 32.2. The number of sulfonamides is 1. The second-order valence-corrected chi connectivity index (χ2v) is 8.78. The molecule has 0 saturated carbocycles. The third-order valence-electron chi connectivity index (χ3n) is 5.01. The SMILES string of the molecule is CCN(Cc1cccc(C(N)=NO)c1)C(=O)Nc1ccc(-c2ccccc2S(N)(=O)=O)cc1. The topological polar surface area (TPSA) is 151 Å². The van der Waals surface area contributed by atoms with E-state index in [1.54, 1.807) is 65.6 Å². The molecule has 172 valence electrons. The number of amides is 2. The summed E-state index contributed by atoms with van der Waals surface area (Å²) in [6.45, 7) is 2.65. The number of hydrogen-bond donors (Lipinski definition) is 4. The number of nitrogens with zero attached hydrogens (tertiary/aromatic N) is 2. The largest absolute Gasteiger partial charge is 0.409 e. The second kappa shape index (κ2) is 10.2. The second-order valence-electron chi connectivity index (χ2n) is 7.25. The number of rotatable bonds is 7. The number of oxime groups is 1. The van der Waals surface area contributed by atoms with Crippen molar-refractivity contribution in [2.24, 2.45) is 16.0 Å². The van der Waals surface area contributed by atoms with Gasteiger partial charge in [0.2, 0.25) is 10.0 Å². The number of anilines is 1. The lowest BCUT2D eigenvalue weighted by molar-refractivity contribution is 0.212. The number of nitrogens with one attached hydrogen (secondary N) is 1. The summed E-state index contributed by atoms with van der Waals surface area (Å²) in [6.07, 6.45) is 0. The highest BCUT2D eigenvalue weighted by Crippen LogP contribution is 2.27. The van der Waals surface area contributed by atoms with E-state index in [0.717, 1.165) is 5.56 Å². The summed E-state index contributed by atoms with van der Waals surface area (Å²) in [5, 5.41) is 20.0. The van der Waals surface area contributed by atoms with Gasteiger partial charge in [-0.1, -0.05) is 53.7 Å². The molecule has 0 radical (unpaired) electrons. The molecule has 2 amide bonds. The smallest absolute Gasteiger partial charge is 0.322 e. The van der Waals surface area contributed by atoms with Crippen LogP contribution in [0.15, 0.2) is 82.8 Å². The molecule has 9 nitrogen and oxygen atoms in total. The summed E-state index contributed by atoms with van der Waals surface area (Å²) in [4.78, 5) is 14.4. The van der Waals surface area contributed by atoms with Crippen molar-refractivity contribution >= 4 is 27.6 Å². The van der Waals surface area contributed by atoms with Gasteiger partial charge in [-0.15, -0.1) is 0 Å². The standard InChI is InChI=1S/C23H25N5O4S/c1-2-28(15-16-6-5-7-18(14-16)22(24)27-30)23(29)26-19-12-10-17(11-13-19)20-8-3-4-9-21(20)33(25,31)32/h3-14,30H,2,15H2,1H3,(H2,24,27)(H,26,29)(H2,25,31,32). The van der Waals surface area contributed by atoms with E-state index in [-0.39, 0.29) is 16.8 Å². The van der Waals surface area contributed by atoms with Crippen LogP contribution in [0.2, 0.25) is 0 Å². The zero-order chi connectivity index (χ0) is 24.0. The van der Waals surface area contributed by atoms with E-state index in [2.05, 4.69) is 10.5 Å². The molecule has 10 heteroatoms. The first-order chi connectivity index (χ1) is 15.7. The molecular weight excluding hydrogens is 442 g/mol. The van der Waals surface area contributed by atoms with E-state index in [9.17, 15) is 13.2 Å². The predicted molar refractivity (Wildman–Crippen MR) is 127 cm³/mol. The molecule has 0 bridgehead atoms. The Morgan fingerprint density at radius 3 is 2.39 bits per heavy atom. The van der Waals surface area contributed by atoms with Crippen LogP contribution in [-0.4, -0.2) is 36.9 Å². The Balaban J connectivity index is 1.74. The summed E-state index contributed by atoms with van der Waals surface area (Å²) in [7, 11) is -3.87. The average Bonchev–Trinajstić information content (AvgIpc) is 2.82. The van der Waals surface area contributed by atoms with Crippen molar-refractivity contribution in [2.45, 2.75) is 18.4 Å². The zero-order valence-corrected chi connectivity index (χ0v) is 18.8. The normalized spacial score (nSPS) is 11.8. The van der Waals surface area contributed by atoms with Crippen molar-refractivity contribution in [3.8, 4) is 11.1 Å². The van der Waals surface area contributed by atoms with Gasteiger partial charge in [0.25, 0.3) is 0 Å². The molecule has 0 fully saturated rings. The summed E-state index contributed by atoms with van der Waals surface area (Å²) < 4.78 is 23.7. The number of primary sulfonamides is 1. The molecule has 3 aromatic rings. The first-order valence-electron chi connectivity index (χ1n) is 10.1. The first kappa shape index (κ1) is 23.8. The fourth-order valence-electron chi connectivity index (χ4n) is 3.32. The highest BCUT2D eigenvalue weighted by Gasteiger charge is 2.16. The summed E-state index contributed by atoms with van der Waals surface area (Å²) in [6, 6.07) is 20.1. The van der Waals surface area contributed by atoms with Crippen LogP contribution in [0.3, 0.4) is 0 Å². The number of carbonyl (C=O) groups is 1.